The van der Waals surface area contributed by atoms with Crippen LogP contribution >= 0.6 is 0 Å². The summed E-state index contributed by atoms with van der Waals surface area (Å²) >= 11 is 0. The van der Waals surface area contributed by atoms with Crippen LogP contribution in [0.1, 0.15) is 38.8 Å². The number of nitrogens with one attached hydrogen (secondary N) is 4. The number of hydrogen-bond donors (Lipinski definition) is 9. The number of hydrogen-bond acceptors (Lipinski definition) is 21. The second-order valence-electron chi connectivity index (χ2n) is 13.8. The summed E-state index contributed by atoms with van der Waals surface area (Å²) in [5.74, 6) is -0.182. The van der Waals surface area contributed by atoms with Crippen LogP contribution in [0.4, 0.5) is 58.4 Å². The molecule has 9 N–H and O–H groups in total. The Morgan fingerprint density at radius 2 is 0.891 bits per heavy atom. The van der Waals surface area contributed by atoms with Crippen LogP contribution < -0.4 is 31.1 Å². The van der Waals surface area contributed by atoms with Crippen molar-refractivity contribution in [1.82, 2.24) is 29.9 Å². The van der Waals surface area contributed by atoms with Gasteiger partial charge in [0.1, 0.15) is 29.8 Å². The monoisotopic (exact) mass is 916 g/mol. The summed E-state index contributed by atoms with van der Waals surface area (Å²) in [5, 5.41) is 53.5. The fraction of sp³-hybridized carbons (Fsp3) is 0.200. The minimum absolute atomic E-state index is 0.0159. The van der Waals surface area contributed by atoms with Gasteiger partial charge in [0.05, 0.1) is 0 Å². The molecule has 2 heterocycles. The predicted molar refractivity (Wildman–Crippen MR) is 239 cm³/mol. The van der Waals surface area contributed by atoms with E-state index in [2.05, 4.69) is 54.8 Å². The molecule has 2 aromatic heterocycles. The van der Waals surface area contributed by atoms with Gasteiger partial charge in [-0.25, -0.2) is 0 Å². The van der Waals surface area contributed by atoms with E-state index in [9.17, 15) is 41.8 Å². The van der Waals surface area contributed by atoms with Gasteiger partial charge >= 0.3 is 20.5 Å². The molecule has 22 nitrogen and oxygen atoms in total. The number of rotatable bonds is 19. The number of aliphatic hydroxyl groups is 4. The van der Waals surface area contributed by atoms with E-state index in [4.69, 9.17) is 0 Å². The average Bonchev–Trinajstić information content (AvgIpc) is 3.20. The summed E-state index contributed by atoms with van der Waals surface area (Å²) in [6, 6.07) is 28.4. The van der Waals surface area contributed by atoms with Gasteiger partial charge in [-0.3, -0.25) is 14.4 Å². The Labute approximate surface area is 368 Å². The Balaban J connectivity index is 1.29. The van der Waals surface area contributed by atoms with E-state index in [1.807, 2.05) is 18.2 Å². The van der Waals surface area contributed by atoms with Gasteiger partial charge in [-0.15, -0.1) is 3.63 Å². The van der Waals surface area contributed by atoms with E-state index in [1.165, 1.54) is 56.9 Å². The van der Waals surface area contributed by atoms with Crippen molar-refractivity contribution in [3.05, 3.63) is 114 Å². The van der Waals surface area contributed by atoms with Crippen LogP contribution in [-0.4, -0.2) is 96.6 Å². The third-order valence-corrected chi connectivity index (χ3v) is 11.0. The second-order valence-corrected chi connectivity index (χ2v) is 16.5. The fourth-order valence-electron chi connectivity index (χ4n) is 6.02. The second kappa shape index (κ2) is 20.1. The molecule has 0 aliphatic carbocycles. The van der Waals surface area contributed by atoms with Crippen molar-refractivity contribution < 1.29 is 45.4 Å². The van der Waals surface area contributed by atoms with E-state index >= 15 is 0 Å². The smallest absolute Gasteiger partial charge is 0.374 e. The molecule has 4 aromatic carbocycles. The van der Waals surface area contributed by atoms with Crippen molar-refractivity contribution in [2.75, 3.05) is 31.1 Å². The zero-order chi connectivity index (χ0) is 46.2. The van der Waals surface area contributed by atoms with Crippen molar-refractivity contribution >= 4 is 91.1 Å². The third kappa shape index (κ3) is 12.6. The maximum absolute atomic E-state index is 13.3. The maximum Gasteiger partial charge on any atom is 0.412 e. The first-order valence-corrected chi connectivity index (χ1v) is 22.0. The van der Waals surface area contributed by atoms with E-state index < -0.39 is 50.3 Å². The van der Waals surface area contributed by atoms with Crippen molar-refractivity contribution in [2.24, 2.45) is 0 Å². The summed E-state index contributed by atoms with van der Waals surface area (Å²) < 4.78 is 63.4. The Morgan fingerprint density at radius 3 is 1.28 bits per heavy atom. The van der Waals surface area contributed by atoms with E-state index in [0.717, 1.165) is 11.0 Å². The third-order valence-electron chi connectivity index (χ3n) is 8.72. The van der Waals surface area contributed by atoms with Gasteiger partial charge < -0.3 is 41.7 Å². The number of aromatic nitrogens is 6. The number of para-hydroxylation sites is 2. The lowest BCUT2D eigenvalue weighted by atomic mass is 10.1. The van der Waals surface area contributed by atoms with Crippen LogP contribution in [0.3, 0.4) is 0 Å². The van der Waals surface area contributed by atoms with Crippen molar-refractivity contribution in [3.8, 4) is 0 Å². The highest BCUT2D eigenvalue weighted by Gasteiger charge is 2.27. The molecule has 6 rings (SSSR count). The molecule has 64 heavy (non-hydrogen) atoms. The molecule has 336 valence electrons. The minimum Gasteiger partial charge on any atom is -0.374 e. The average molecular weight is 917 g/mol. The van der Waals surface area contributed by atoms with Gasteiger partial charge in [0.15, 0.2) is 0 Å². The molecule has 4 unspecified atom stereocenters. The Bertz CT molecular complexity index is 2770. The molecule has 0 aliphatic rings. The molecule has 24 heteroatoms. The van der Waals surface area contributed by atoms with Gasteiger partial charge in [-0.1, -0.05) is 66.7 Å². The zero-order valence-corrected chi connectivity index (χ0v) is 36.1. The van der Waals surface area contributed by atoms with Crippen molar-refractivity contribution in [2.45, 2.75) is 57.5 Å². The molecule has 0 saturated heterocycles. The lowest BCUT2D eigenvalue weighted by Gasteiger charge is -2.28. The molecule has 0 spiro atoms. The summed E-state index contributed by atoms with van der Waals surface area (Å²) in [5.41, 5.74) is 2.29. The van der Waals surface area contributed by atoms with Gasteiger partial charge in [0.25, 0.3) is 0 Å². The summed E-state index contributed by atoms with van der Waals surface area (Å²) in [7, 11) is -10.7. The maximum atomic E-state index is 13.3. The summed E-state index contributed by atoms with van der Waals surface area (Å²) in [6.45, 7) is 5.68. The van der Waals surface area contributed by atoms with E-state index in [1.54, 1.807) is 66.7 Å². The quantitative estimate of drug-likeness (QED) is 0.0303. The Hall–Kier alpha value is -6.90. The number of nitrogens with zero attached hydrogens (tertiary/aromatic N) is 8. The Kier molecular flexibility index (Phi) is 14.6. The van der Waals surface area contributed by atoms with Gasteiger partial charge in [0.2, 0.25) is 35.7 Å². The molecule has 4 atom stereocenters. The first-order valence-electron chi connectivity index (χ1n) is 19.2. The van der Waals surface area contributed by atoms with Crippen molar-refractivity contribution in [3.63, 3.8) is 0 Å². The summed E-state index contributed by atoms with van der Waals surface area (Å²) in [6.07, 6.45) is -1.91. The lowest BCUT2D eigenvalue weighted by molar-refractivity contribution is 0.102. The Morgan fingerprint density at radius 1 is 0.516 bits per heavy atom. The number of anilines is 10. The molecule has 0 aliphatic heterocycles. The molecule has 6 aromatic rings. The van der Waals surface area contributed by atoms with E-state index in [0.29, 0.717) is 22.6 Å². The highest BCUT2D eigenvalue weighted by molar-refractivity contribution is 7.97. The molecular weight excluding hydrogens is 873 g/mol. The number of benzene rings is 4. The van der Waals surface area contributed by atoms with Gasteiger partial charge in [-0.2, -0.15) is 46.7 Å². The molecular formula is C40H44N12O10S2. The summed E-state index contributed by atoms with van der Waals surface area (Å²) in [4.78, 5) is 27.8. The number of aliphatic hydroxyl groups excluding tert-OH is 4. The standard InChI is InChI=1S/C40H44N12O10S2/c1-24(53)51(25(2)54)39-47-35(41-30-11-7-5-8-12-30)45-37(49-39)43-32-20-16-28(17-21-32)15-18-29-19-22-33(23-34(29)63(57,58)62-64(59,60)61)44-38-46-36(42-31-13-9-6-10-14-31)48-40(50-38)52(26(3)55)27(4)56/h5-27,53-56H,1-4H3,(H,59,60,61)(H2,41,43,45,47,49)(H2,42,44,46,48,50). The predicted octanol–water partition coefficient (Wildman–Crippen LogP) is 4.68. The lowest BCUT2D eigenvalue weighted by Crippen LogP contribution is -2.41. The van der Waals surface area contributed by atoms with Crippen molar-refractivity contribution in [1.29, 1.82) is 0 Å². The first kappa shape index (κ1) is 46.6. The minimum atomic E-state index is -5.50. The van der Waals surface area contributed by atoms with Gasteiger partial charge in [-0.05, 0) is 87.4 Å². The first-order chi connectivity index (χ1) is 30.3. The van der Waals surface area contributed by atoms with E-state index in [-0.39, 0.29) is 46.9 Å². The fourth-order valence-corrected chi connectivity index (χ4v) is 7.91. The zero-order valence-electron chi connectivity index (χ0n) is 34.5. The van der Waals surface area contributed by atoms with Crippen LogP contribution in [-0.2, 0) is 24.1 Å². The highest BCUT2D eigenvalue weighted by Crippen LogP contribution is 2.29. The van der Waals surface area contributed by atoms with Crippen LogP contribution in [0.25, 0.3) is 12.2 Å². The SMILES string of the molecule is CC(O)N(c1nc(Nc2ccccc2)nc(Nc2ccc(C=Cc3ccc(Nc4nc(Nc5ccccc5)nc(N(C(C)O)C(C)O)n4)cc3S(=O)(=O)OS(=O)(=O)O)cc2)n1)C(C)O. The van der Waals surface area contributed by atoms with Crippen LogP contribution in [0, 0.1) is 0 Å². The molecule has 0 amide bonds. The van der Waals surface area contributed by atoms with Crippen LogP contribution in [0.2, 0.25) is 0 Å². The van der Waals surface area contributed by atoms with Gasteiger partial charge in [0, 0.05) is 22.7 Å². The molecule has 0 bridgehead atoms. The van der Waals surface area contributed by atoms with Crippen LogP contribution in [0.15, 0.2) is 108 Å². The highest BCUT2D eigenvalue weighted by atomic mass is 32.3. The largest absolute Gasteiger partial charge is 0.412 e. The molecule has 0 radical (unpaired) electrons. The molecule has 0 fully saturated rings. The topological polar surface area (TPSA) is 311 Å². The normalized spacial score (nSPS) is 13.7. The molecule has 0 saturated carbocycles. The van der Waals surface area contributed by atoms with Crippen LogP contribution in [0.5, 0.6) is 0 Å².